The molecule has 40 heavy (non-hydrogen) atoms. The maximum absolute atomic E-state index is 13.6. The van der Waals surface area contributed by atoms with Crippen molar-refractivity contribution >= 4 is 40.4 Å². The minimum atomic E-state index is -0.847. The monoisotopic (exact) mass is 558 g/mol. The fourth-order valence-electron chi connectivity index (χ4n) is 5.21. The molecule has 4 aromatic rings. The molecule has 2 atom stereocenters. The van der Waals surface area contributed by atoms with Crippen LogP contribution in [0.5, 0.6) is 0 Å². The number of hydrogen-bond donors (Lipinski definition) is 2. The molecule has 206 valence electrons. The highest BCUT2D eigenvalue weighted by Crippen LogP contribution is 2.28. The lowest BCUT2D eigenvalue weighted by Crippen LogP contribution is -2.54. The molecular formula is C31H31ClN4O4. The van der Waals surface area contributed by atoms with Gasteiger partial charge in [0, 0.05) is 16.8 Å². The fraction of sp³-hybridized carbons (Fsp3) is 0.323. The first kappa shape index (κ1) is 27.5. The summed E-state index contributed by atoms with van der Waals surface area (Å²) in [5.74, 6) is -1.28. The largest absolute Gasteiger partial charge is 0.432 e. The Morgan fingerprint density at radius 2 is 1.75 bits per heavy atom. The second kappa shape index (κ2) is 12.4. The number of benzene rings is 2. The first-order chi connectivity index (χ1) is 19.4. The maximum Gasteiger partial charge on any atom is 0.268 e. The number of pyridine rings is 1. The summed E-state index contributed by atoms with van der Waals surface area (Å²) < 4.78 is 5.59. The number of oxazole rings is 1. The van der Waals surface area contributed by atoms with Crippen LogP contribution in [0.1, 0.15) is 66.5 Å². The Hall–Kier alpha value is -4.04. The molecule has 1 saturated carbocycles. The second-order valence-corrected chi connectivity index (χ2v) is 10.6. The molecule has 8 nitrogen and oxygen atoms in total. The lowest BCUT2D eigenvalue weighted by atomic mass is 9.83. The Bertz CT molecular complexity index is 1480. The van der Waals surface area contributed by atoms with Crippen molar-refractivity contribution in [2.45, 2.75) is 57.5 Å². The average molecular weight is 559 g/mol. The zero-order valence-electron chi connectivity index (χ0n) is 22.2. The van der Waals surface area contributed by atoms with Gasteiger partial charge in [0.1, 0.15) is 6.04 Å². The van der Waals surface area contributed by atoms with E-state index in [4.69, 9.17) is 16.0 Å². The van der Waals surface area contributed by atoms with Crippen LogP contribution in [0.25, 0.3) is 22.4 Å². The van der Waals surface area contributed by atoms with Crippen LogP contribution >= 0.6 is 11.6 Å². The molecule has 5 rings (SSSR count). The Balaban J connectivity index is 1.31. The number of nitrogens with zero attached hydrogens (tertiary/aromatic N) is 2. The van der Waals surface area contributed by atoms with Gasteiger partial charge in [-0.25, -0.2) is 4.98 Å². The lowest BCUT2D eigenvalue weighted by Gasteiger charge is -2.31. The van der Waals surface area contributed by atoms with Crippen molar-refractivity contribution in [2.75, 3.05) is 0 Å². The molecule has 1 aliphatic rings. The number of fused-ring (bicyclic) bond motifs is 1. The molecule has 1 aliphatic carbocycles. The van der Waals surface area contributed by atoms with Gasteiger partial charge in [-0.1, -0.05) is 62.1 Å². The van der Waals surface area contributed by atoms with Crippen molar-refractivity contribution in [1.29, 1.82) is 0 Å². The Kier molecular flexibility index (Phi) is 8.55. The van der Waals surface area contributed by atoms with Crippen molar-refractivity contribution in [3.63, 3.8) is 0 Å². The average Bonchev–Trinajstić information content (AvgIpc) is 3.43. The van der Waals surface area contributed by atoms with E-state index in [0.29, 0.717) is 28.2 Å². The standard InChI is InChI=1S/C31H31ClN4O4/c1-2-24(27(37)31-36-28-25(40-31)12-7-17-33-28)34-30(39)26(20-8-4-3-5-9-20)35-29(38)21-15-13-19(14-16-21)22-10-6-11-23(32)18-22/h6-7,10-18,20,24,26H,2-5,8-9H2,1H3,(H,34,39)(H,35,38)/t24-,26-/m0/s1. The van der Waals surface area contributed by atoms with Crippen LogP contribution in [0.2, 0.25) is 5.02 Å². The van der Waals surface area contributed by atoms with Crippen molar-refractivity contribution < 1.29 is 18.8 Å². The van der Waals surface area contributed by atoms with Crippen LogP contribution < -0.4 is 10.6 Å². The molecule has 0 spiro atoms. The van der Waals surface area contributed by atoms with E-state index >= 15 is 0 Å². The molecule has 9 heteroatoms. The van der Waals surface area contributed by atoms with Crippen LogP contribution in [0.3, 0.4) is 0 Å². The van der Waals surface area contributed by atoms with Gasteiger partial charge in [-0.2, -0.15) is 4.98 Å². The molecule has 2 amide bonds. The van der Waals surface area contributed by atoms with Gasteiger partial charge in [-0.3, -0.25) is 14.4 Å². The number of carbonyl (C=O) groups is 3. The number of halogens is 1. The molecule has 0 bridgehead atoms. The summed E-state index contributed by atoms with van der Waals surface area (Å²) in [6, 6.07) is 16.5. The summed E-state index contributed by atoms with van der Waals surface area (Å²) in [6.45, 7) is 1.80. The third-order valence-electron chi connectivity index (χ3n) is 7.41. The van der Waals surface area contributed by atoms with Crippen LogP contribution in [0, 0.1) is 5.92 Å². The van der Waals surface area contributed by atoms with Crippen LogP contribution in [-0.2, 0) is 4.79 Å². The highest BCUT2D eigenvalue weighted by molar-refractivity contribution is 6.30. The van der Waals surface area contributed by atoms with E-state index in [2.05, 4.69) is 20.6 Å². The first-order valence-corrected chi connectivity index (χ1v) is 14.0. The van der Waals surface area contributed by atoms with E-state index in [1.165, 1.54) is 0 Å². The molecule has 0 radical (unpaired) electrons. The van der Waals surface area contributed by atoms with Crippen molar-refractivity contribution in [3.8, 4) is 11.1 Å². The molecule has 0 unspecified atom stereocenters. The summed E-state index contributed by atoms with van der Waals surface area (Å²) >= 11 is 6.12. The van der Waals surface area contributed by atoms with Crippen LogP contribution in [-0.4, -0.2) is 39.6 Å². The van der Waals surface area contributed by atoms with Gasteiger partial charge >= 0.3 is 0 Å². The van der Waals surface area contributed by atoms with E-state index in [1.807, 2.05) is 36.4 Å². The topological polar surface area (TPSA) is 114 Å². The van der Waals surface area contributed by atoms with Gasteiger partial charge in [-0.15, -0.1) is 0 Å². The first-order valence-electron chi connectivity index (χ1n) is 13.7. The quantitative estimate of drug-likeness (QED) is 0.243. The van der Waals surface area contributed by atoms with Crippen molar-refractivity contribution in [3.05, 3.63) is 83.3 Å². The van der Waals surface area contributed by atoms with E-state index in [0.717, 1.165) is 43.2 Å². The van der Waals surface area contributed by atoms with Crippen molar-refractivity contribution in [1.82, 2.24) is 20.6 Å². The third kappa shape index (κ3) is 6.23. The molecule has 2 aromatic carbocycles. The van der Waals surface area contributed by atoms with Crippen LogP contribution in [0.4, 0.5) is 0 Å². The van der Waals surface area contributed by atoms with Gasteiger partial charge in [0.25, 0.3) is 11.8 Å². The number of aromatic nitrogens is 2. The molecular weight excluding hydrogens is 528 g/mol. The zero-order valence-corrected chi connectivity index (χ0v) is 23.0. The molecule has 1 fully saturated rings. The summed E-state index contributed by atoms with van der Waals surface area (Å²) in [7, 11) is 0. The smallest absolute Gasteiger partial charge is 0.268 e. The molecule has 0 aliphatic heterocycles. The van der Waals surface area contributed by atoms with Crippen LogP contribution in [0.15, 0.2) is 71.3 Å². The zero-order chi connectivity index (χ0) is 28.1. The third-order valence-corrected chi connectivity index (χ3v) is 7.65. The number of rotatable bonds is 9. The van der Waals surface area contributed by atoms with E-state index in [9.17, 15) is 14.4 Å². The molecule has 2 heterocycles. The number of hydrogen-bond acceptors (Lipinski definition) is 6. The highest BCUT2D eigenvalue weighted by atomic mass is 35.5. The number of ketones is 1. The predicted molar refractivity (Wildman–Crippen MR) is 153 cm³/mol. The van der Waals surface area contributed by atoms with Gasteiger partial charge < -0.3 is 15.1 Å². The number of Topliss-reactive ketones (excluding diaryl/α,β-unsaturated/α-hetero) is 1. The summed E-state index contributed by atoms with van der Waals surface area (Å²) in [6.07, 6.45) is 6.65. The lowest BCUT2D eigenvalue weighted by molar-refractivity contribution is -0.125. The normalized spacial score (nSPS) is 15.3. The summed E-state index contributed by atoms with van der Waals surface area (Å²) in [4.78, 5) is 48.4. The number of nitrogens with one attached hydrogen (secondary N) is 2. The molecule has 2 aromatic heterocycles. The Morgan fingerprint density at radius 3 is 2.45 bits per heavy atom. The van der Waals surface area contributed by atoms with E-state index < -0.39 is 17.9 Å². The second-order valence-electron chi connectivity index (χ2n) is 10.1. The maximum atomic E-state index is 13.6. The van der Waals surface area contributed by atoms with E-state index in [-0.39, 0.29) is 23.6 Å². The minimum absolute atomic E-state index is 0.0235. The molecule has 0 saturated heterocycles. The SMILES string of the molecule is CC[C@H](NC(=O)[C@@H](NC(=O)c1ccc(-c2cccc(Cl)c2)cc1)C1CCCCC1)C(=O)c1nc2ncccc2o1. The van der Waals surface area contributed by atoms with Gasteiger partial charge in [-0.05, 0) is 72.7 Å². The van der Waals surface area contributed by atoms with Gasteiger partial charge in [0.15, 0.2) is 11.2 Å². The Morgan fingerprint density at radius 1 is 0.975 bits per heavy atom. The summed E-state index contributed by atoms with van der Waals surface area (Å²) in [5.41, 5.74) is 3.06. The Labute approximate surface area is 237 Å². The minimum Gasteiger partial charge on any atom is -0.432 e. The van der Waals surface area contributed by atoms with Gasteiger partial charge in [0.2, 0.25) is 11.7 Å². The fourth-order valence-corrected chi connectivity index (χ4v) is 5.40. The number of amides is 2. The van der Waals surface area contributed by atoms with Gasteiger partial charge in [0.05, 0.1) is 6.04 Å². The number of carbonyl (C=O) groups excluding carboxylic acids is 3. The summed E-state index contributed by atoms with van der Waals surface area (Å²) in [5, 5.41) is 6.47. The molecule has 2 N–H and O–H groups in total. The van der Waals surface area contributed by atoms with Crippen molar-refractivity contribution in [2.24, 2.45) is 5.92 Å². The predicted octanol–water partition coefficient (Wildman–Crippen LogP) is 6.00. The highest BCUT2D eigenvalue weighted by Gasteiger charge is 2.34. The van der Waals surface area contributed by atoms with E-state index in [1.54, 1.807) is 37.4 Å².